The molecule has 4 nitrogen and oxygen atoms in total. The first kappa shape index (κ1) is 26.0. The number of benzene rings is 4. The van der Waals surface area contributed by atoms with Crippen molar-refractivity contribution in [1.29, 1.82) is 0 Å². The van der Waals surface area contributed by atoms with E-state index < -0.39 is 15.8 Å². The van der Waals surface area contributed by atoms with E-state index in [1.807, 2.05) is 24.3 Å². The lowest BCUT2D eigenvalue weighted by Gasteiger charge is -2.26. The van der Waals surface area contributed by atoms with Gasteiger partial charge in [-0.15, -0.1) is 0 Å². The highest BCUT2D eigenvalue weighted by atomic mass is 31.1. The summed E-state index contributed by atoms with van der Waals surface area (Å²) in [6, 6.07) is 33.7. The first-order chi connectivity index (χ1) is 17.7. The molecule has 0 heterocycles. The first-order valence-electron chi connectivity index (χ1n) is 11.8. The quantitative estimate of drug-likeness (QED) is 0.253. The van der Waals surface area contributed by atoms with Gasteiger partial charge in [0.15, 0.2) is 0 Å². The molecule has 0 aliphatic heterocycles. The molecule has 2 atom stereocenters. The second-order valence-corrected chi connectivity index (χ2v) is 12.7. The van der Waals surface area contributed by atoms with Gasteiger partial charge in [0, 0.05) is 10.6 Å². The summed E-state index contributed by atoms with van der Waals surface area (Å²) in [6.45, 7) is 0. The molecule has 0 aliphatic carbocycles. The molecule has 0 fully saturated rings. The third-order valence-electron chi connectivity index (χ3n) is 6.04. The molecule has 4 aromatic carbocycles. The van der Waals surface area contributed by atoms with Gasteiger partial charge in [-0.25, -0.2) is 0 Å². The summed E-state index contributed by atoms with van der Waals surface area (Å²) < 4.78 is 22.8. The fourth-order valence-electron chi connectivity index (χ4n) is 4.21. The average Bonchev–Trinajstić information content (AvgIpc) is 2.95. The Morgan fingerprint density at radius 2 is 0.861 bits per heavy atom. The van der Waals surface area contributed by atoms with Gasteiger partial charge in [-0.2, -0.15) is 0 Å². The van der Waals surface area contributed by atoms with Gasteiger partial charge < -0.3 is 18.9 Å². The van der Waals surface area contributed by atoms with Crippen molar-refractivity contribution in [2.24, 2.45) is 0 Å². The number of hydrogen-bond acceptors (Lipinski definition) is 4. The molecular weight excluding hydrogens is 486 g/mol. The Morgan fingerprint density at radius 3 is 1.19 bits per heavy atom. The van der Waals surface area contributed by atoms with E-state index in [1.54, 1.807) is 28.4 Å². The predicted octanol–water partition coefficient (Wildman–Crippen LogP) is 5.29. The second-order valence-electron chi connectivity index (χ2n) is 8.05. The minimum Gasteiger partial charge on any atom is -0.497 e. The van der Waals surface area contributed by atoms with Gasteiger partial charge in [0.05, 0.1) is 28.4 Å². The molecule has 0 spiro atoms. The molecule has 36 heavy (non-hydrogen) atoms. The Morgan fingerprint density at radius 1 is 0.472 bits per heavy atom. The fraction of sp³-hybridized carbons (Fsp3) is 0.200. The molecule has 0 aromatic heterocycles. The van der Waals surface area contributed by atoms with Gasteiger partial charge in [-0.3, -0.25) is 0 Å². The van der Waals surface area contributed by atoms with Gasteiger partial charge in [0.1, 0.15) is 23.0 Å². The normalized spacial score (nSPS) is 12.4. The van der Waals surface area contributed by atoms with E-state index in [0.29, 0.717) is 0 Å². The number of ether oxygens (including phenoxy) is 4. The number of methoxy groups -OCH3 is 4. The minimum absolute atomic E-state index is 0.699. The Labute approximate surface area is 216 Å². The standard InChI is InChI=1S/C30H32O4P2/c1-31-23-15-17-27(33-3)29(21-23)35(25-11-7-5-8-12-25)19-20-36(26-13-9-6-10-14-26)30-22-24(32-2)16-18-28(30)34-4/h5-18,21-22H,19-20H2,1-4H3/t35-,36-/m0/s1. The van der Waals surface area contributed by atoms with E-state index in [-0.39, 0.29) is 0 Å². The van der Waals surface area contributed by atoms with Gasteiger partial charge in [-0.1, -0.05) is 60.7 Å². The first-order valence-corrected chi connectivity index (χ1v) is 14.8. The lowest BCUT2D eigenvalue weighted by Crippen LogP contribution is -2.21. The van der Waals surface area contributed by atoms with Crippen LogP contribution in [-0.4, -0.2) is 40.8 Å². The van der Waals surface area contributed by atoms with Crippen molar-refractivity contribution in [2.45, 2.75) is 0 Å². The molecule has 0 saturated heterocycles. The highest BCUT2D eigenvalue weighted by Gasteiger charge is 2.24. The van der Waals surface area contributed by atoms with Crippen LogP contribution in [0.5, 0.6) is 23.0 Å². The van der Waals surface area contributed by atoms with Crippen molar-refractivity contribution in [2.75, 3.05) is 40.8 Å². The van der Waals surface area contributed by atoms with Crippen LogP contribution in [-0.2, 0) is 0 Å². The maximum atomic E-state index is 5.82. The van der Waals surface area contributed by atoms with Crippen LogP contribution in [0.2, 0.25) is 0 Å². The van der Waals surface area contributed by atoms with Crippen LogP contribution >= 0.6 is 15.8 Å². The SMILES string of the molecule is COc1ccc(OC)c([P@@](CC[P@@](c2ccccc2)c2cc(OC)ccc2OC)c2ccccc2)c1. The summed E-state index contributed by atoms with van der Waals surface area (Å²) >= 11 is 0. The summed E-state index contributed by atoms with van der Waals surface area (Å²) in [5, 5.41) is 5.02. The molecular formula is C30H32O4P2. The Bertz CT molecular complexity index is 1150. The van der Waals surface area contributed by atoms with Crippen molar-refractivity contribution in [3.63, 3.8) is 0 Å². The lowest BCUT2D eigenvalue weighted by molar-refractivity contribution is 0.406. The minimum atomic E-state index is -0.699. The van der Waals surface area contributed by atoms with Crippen LogP contribution in [0.15, 0.2) is 97.1 Å². The average molecular weight is 519 g/mol. The van der Waals surface area contributed by atoms with Gasteiger partial charge in [0.25, 0.3) is 0 Å². The van der Waals surface area contributed by atoms with Crippen LogP contribution in [0, 0.1) is 0 Å². The molecule has 0 amide bonds. The second kappa shape index (κ2) is 12.8. The van der Waals surface area contributed by atoms with Crippen molar-refractivity contribution in [3.8, 4) is 23.0 Å². The van der Waals surface area contributed by atoms with E-state index in [1.165, 1.54) is 21.2 Å². The van der Waals surface area contributed by atoms with E-state index in [0.717, 1.165) is 35.3 Å². The fourth-order valence-corrected chi connectivity index (χ4v) is 9.86. The molecule has 0 radical (unpaired) electrons. The third kappa shape index (κ3) is 6.01. The summed E-state index contributed by atoms with van der Waals surface area (Å²) in [5.41, 5.74) is 0. The summed E-state index contributed by atoms with van der Waals surface area (Å²) in [4.78, 5) is 0. The summed E-state index contributed by atoms with van der Waals surface area (Å²) in [7, 11) is 5.50. The predicted molar refractivity (Wildman–Crippen MR) is 154 cm³/mol. The van der Waals surface area contributed by atoms with Crippen LogP contribution in [0.25, 0.3) is 0 Å². The number of rotatable bonds is 11. The Kier molecular flexibility index (Phi) is 9.23. The Hall–Kier alpha value is -3.06. The number of hydrogen-bond donors (Lipinski definition) is 0. The van der Waals surface area contributed by atoms with E-state index in [9.17, 15) is 0 Å². The highest BCUT2D eigenvalue weighted by Crippen LogP contribution is 2.45. The molecule has 4 rings (SSSR count). The zero-order chi connectivity index (χ0) is 25.3. The molecule has 6 heteroatoms. The molecule has 0 bridgehead atoms. The highest BCUT2D eigenvalue weighted by molar-refractivity contribution is 7.76. The molecule has 0 N–H and O–H groups in total. The van der Waals surface area contributed by atoms with E-state index >= 15 is 0 Å². The van der Waals surface area contributed by atoms with Crippen molar-refractivity contribution in [1.82, 2.24) is 0 Å². The van der Waals surface area contributed by atoms with Crippen molar-refractivity contribution < 1.29 is 18.9 Å². The molecule has 0 aliphatic rings. The van der Waals surface area contributed by atoms with Crippen LogP contribution < -0.4 is 40.2 Å². The molecule has 0 saturated carbocycles. The van der Waals surface area contributed by atoms with Gasteiger partial charge in [-0.05, 0) is 75.2 Å². The summed E-state index contributed by atoms with van der Waals surface area (Å²) in [5.74, 6) is 3.48. The van der Waals surface area contributed by atoms with E-state index in [2.05, 4.69) is 72.8 Å². The zero-order valence-electron chi connectivity index (χ0n) is 21.2. The van der Waals surface area contributed by atoms with Gasteiger partial charge >= 0.3 is 0 Å². The van der Waals surface area contributed by atoms with Crippen molar-refractivity contribution >= 4 is 37.1 Å². The maximum Gasteiger partial charge on any atom is 0.127 e. The van der Waals surface area contributed by atoms with E-state index in [4.69, 9.17) is 18.9 Å². The molecule has 186 valence electrons. The van der Waals surface area contributed by atoms with Crippen LogP contribution in [0.1, 0.15) is 0 Å². The summed E-state index contributed by atoms with van der Waals surface area (Å²) in [6.07, 6.45) is 1.98. The Balaban J connectivity index is 1.78. The lowest BCUT2D eigenvalue weighted by atomic mass is 10.3. The maximum absolute atomic E-state index is 5.82. The third-order valence-corrected chi connectivity index (χ3v) is 11.4. The smallest absolute Gasteiger partial charge is 0.127 e. The van der Waals surface area contributed by atoms with Crippen molar-refractivity contribution in [3.05, 3.63) is 97.1 Å². The molecule has 0 unspecified atom stereocenters. The topological polar surface area (TPSA) is 36.9 Å². The molecule has 4 aromatic rings. The zero-order valence-corrected chi connectivity index (χ0v) is 23.0. The van der Waals surface area contributed by atoms with Crippen LogP contribution in [0.3, 0.4) is 0 Å². The monoisotopic (exact) mass is 518 g/mol. The van der Waals surface area contributed by atoms with Gasteiger partial charge in [0.2, 0.25) is 0 Å². The van der Waals surface area contributed by atoms with Crippen LogP contribution in [0.4, 0.5) is 0 Å². The largest absolute Gasteiger partial charge is 0.497 e.